The van der Waals surface area contributed by atoms with Crippen LogP contribution in [0.1, 0.15) is 43.1 Å². The van der Waals surface area contributed by atoms with Gasteiger partial charge in [-0.1, -0.05) is 6.92 Å². The van der Waals surface area contributed by atoms with Crippen molar-refractivity contribution in [3.05, 3.63) is 47.0 Å². The molecule has 1 aliphatic heterocycles. The van der Waals surface area contributed by atoms with Gasteiger partial charge in [0.25, 0.3) is 0 Å². The third-order valence-electron chi connectivity index (χ3n) is 5.37. The van der Waals surface area contributed by atoms with Gasteiger partial charge in [-0.2, -0.15) is 5.10 Å². The number of rotatable bonds is 6. The summed E-state index contributed by atoms with van der Waals surface area (Å²) in [6.45, 7) is 8.76. The molecule has 1 aromatic carbocycles. The van der Waals surface area contributed by atoms with Crippen LogP contribution in [-0.2, 0) is 11.2 Å². The molecule has 1 N–H and O–H groups in total. The van der Waals surface area contributed by atoms with Crippen molar-refractivity contribution in [2.45, 2.75) is 52.5 Å². The van der Waals surface area contributed by atoms with Crippen molar-refractivity contribution in [2.24, 2.45) is 0 Å². The molecule has 0 aliphatic carbocycles. The van der Waals surface area contributed by atoms with Crippen molar-refractivity contribution < 1.29 is 9.18 Å². The first kappa shape index (κ1) is 22.4. The summed E-state index contributed by atoms with van der Waals surface area (Å²) in [5, 5.41) is 7.96. The number of piperidine rings is 1. The molecule has 0 bridgehead atoms. The minimum absolute atomic E-state index is 0. The number of carbonyl (C=O) groups is 1. The van der Waals surface area contributed by atoms with Crippen LogP contribution in [-0.4, -0.2) is 46.3 Å². The zero-order valence-corrected chi connectivity index (χ0v) is 17.7. The molecule has 1 fully saturated rings. The van der Waals surface area contributed by atoms with E-state index >= 15 is 0 Å². The number of benzene rings is 1. The predicted octanol–water partition coefficient (Wildman–Crippen LogP) is 3.58. The lowest BCUT2D eigenvalue weighted by molar-refractivity contribution is -0.133. The molecular formula is C21H30ClFN4O. The van der Waals surface area contributed by atoms with Crippen molar-refractivity contribution in [3.8, 4) is 5.69 Å². The van der Waals surface area contributed by atoms with Crippen molar-refractivity contribution in [2.75, 3.05) is 19.6 Å². The van der Waals surface area contributed by atoms with Crippen LogP contribution in [0, 0.1) is 19.7 Å². The van der Waals surface area contributed by atoms with Crippen molar-refractivity contribution in [1.82, 2.24) is 20.0 Å². The van der Waals surface area contributed by atoms with E-state index in [1.54, 1.807) is 16.8 Å². The fourth-order valence-electron chi connectivity index (χ4n) is 3.89. The number of nitrogens with zero attached hydrogens (tertiary/aromatic N) is 3. The fraction of sp³-hybridized carbons (Fsp3) is 0.524. The topological polar surface area (TPSA) is 50.2 Å². The molecule has 5 nitrogen and oxygen atoms in total. The van der Waals surface area contributed by atoms with Gasteiger partial charge in [-0.3, -0.25) is 4.79 Å². The van der Waals surface area contributed by atoms with E-state index in [2.05, 4.69) is 22.2 Å². The van der Waals surface area contributed by atoms with E-state index in [1.807, 2.05) is 13.8 Å². The molecule has 1 amide bonds. The van der Waals surface area contributed by atoms with Gasteiger partial charge in [0.1, 0.15) is 5.82 Å². The van der Waals surface area contributed by atoms with E-state index in [1.165, 1.54) is 12.1 Å². The van der Waals surface area contributed by atoms with Crippen molar-refractivity contribution in [3.63, 3.8) is 0 Å². The highest BCUT2D eigenvalue weighted by molar-refractivity contribution is 5.85. The zero-order chi connectivity index (χ0) is 19.4. The number of halogens is 2. The number of aryl methyl sites for hydroxylation is 1. The monoisotopic (exact) mass is 408 g/mol. The van der Waals surface area contributed by atoms with E-state index in [4.69, 9.17) is 0 Å². The number of amides is 1. The molecule has 1 saturated heterocycles. The average molecular weight is 409 g/mol. The first-order valence-electron chi connectivity index (χ1n) is 9.82. The summed E-state index contributed by atoms with van der Waals surface area (Å²) < 4.78 is 15.0. The lowest BCUT2D eigenvalue weighted by Crippen LogP contribution is -2.47. The summed E-state index contributed by atoms with van der Waals surface area (Å²) >= 11 is 0. The molecular weight excluding hydrogens is 379 g/mol. The largest absolute Gasteiger partial charge is 0.339 e. The molecule has 1 aromatic heterocycles. The fourth-order valence-corrected chi connectivity index (χ4v) is 3.89. The van der Waals surface area contributed by atoms with Crippen LogP contribution >= 0.6 is 12.4 Å². The Hall–Kier alpha value is -1.92. The number of hydrogen-bond acceptors (Lipinski definition) is 3. The molecule has 28 heavy (non-hydrogen) atoms. The standard InChI is InChI=1S/C21H29FN4O.ClH/c1-4-13-25(18-9-11-23-12-10-18)21(27)14-20-15(2)24-26(16(20)3)19-7-5-17(22)6-8-19;/h5-8,18,23H,4,9-14H2,1-3H3;1H. The van der Waals surface area contributed by atoms with E-state index in [0.717, 1.165) is 61.5 Å². The summed E-state index contributed by atoms with van der Waals surface area (Å²) in [5.74, 6) is -0.0959. The number of hydrogen-bond donors (Lipinski definition) is 1. The maximum Gasteiger partial charge on any atom is 0.227 e. The quantitative estimate of drug-likeness (QED) is 0.794. The Labute approximate surface area is 172 Å². The minimum Gasteiger partial charge on any atom is -0.339 e. The summed E-state index contributed by atoms with van der Waals surface area (Å²) in [6, 6.07) is 6.59. The SMILES string of the molecule is CCCN(C(=O)Cc1c(C)nn(-c2ccc(F)cc2)c1C)C1CCNCC1.Cl. The Morgan fingerprint density at radius 3 is 2.50 bits per heavy atom. The van der Waals surface area contributed by atoms with E-state index in [-0.39, 0.29) is 24.1 Å². The molecule has 0 atom stereocenters. The molecule has 7 heteroatoms. The molecule has 154 valence electrons. The molecule has 2 aromatic rings. The second kappa shape index (κ2) is 10.0. The third-order valence-corrected chi connectivity index (χ3v) is 5.37. The average Bonchev–Trinajstić information content (AvgIpc) is 2.95. The number of aromatic nitrogens is 2. The van der Waals surface area contributed by atoms with Crippen LogP contribution in [0.2, 0.25) is 0 Å². The Morgan fingerprint density at radius 1 is 1.25 bits per heavy atom. The van der Waals surface area contributed by atoms with Gasteiger partial charge in [0, 0.05) is 23.8 Å². The number of nitrogens with one attached hydrogen (secondary N) is 1. The van der Waals surface area contributed by atoms with Crippen molar-refractivity contribution in [1.29, 1.82) is 0 Å². The summed E-state index contributed by atoms with van der Waals surface area (Å²) in [6.07, 6.45) is 3.35. The minimum atomic E-state index is -0.270. The summed E-state index contributed by atoms with van der Waals surface area (Å²) in [4.78, 5) is 15.2. The van der Waals surface area contributed by atoms with Gasteiger partial charge in [0.15, 0.2) is 0 Å². The lowest BCUT2D eigenvalue weighted by Gasteiger charge is -2.34. The van der Waals surface area contributed by atoms with Gasteiger partial charge in [0.05, 0.1) is 17.8 Å². The highest BCUT2D eigenvalue weighted by Gasteiger charge is 2.26. The zero-order valence-electron chi connectivity index (χ0n) is 16.9. The predicted molar refractivity (Wildman–Crippen MR) is 112 cm³/mol. The normalized spacial score (nSPS) is 14.6. The van der Waals surface area contributed by atoms with Crippen LogP contribution in [0.25, 0.3) is 5.69 Å². The van der Waals surface area contributed by atoms with Gasteiger partial charge in [-0.25, -0.2) is 9.07 Å². The first-order valence-corrected chi connectivity index (χ1v) is 9.82. The van der Waals surface area contributed by atoms with Crippen molar-refractivity contribution >= 4 is 18.3 Å². The molecule has 2 heterocycles. The van der Waals surface area contributed by atoms with Crippen LogP contribution in [0.3, 0.4) is 0 Å². The Balaban J connectivity index is 0.00000280. The molecule has 0 saturated carbocycles. The van der Waals surface area contributed by atoms with Crippen LogP contribution < -0.4 is 5.32 Å². The van der Waals surface area contributed by atoms with Gasteiger partial charge < -0.3 is 10.2 Å². The molecule has 0 radical (unpaired) electrons. The first-order chi connectivity index (χ1) is 13.0. The van der Waals surface area contributed by atoms with Crippen LogP contribution in [0.5, 0.6) is 0 Å². The van der Waals surface area contributed by atoms with Gasteiger partial charge in [0.2, 0.25) is 5.91 Å². The van der Waals surface area contributed by atoms with E-state index in [9.17, 15) is 9.18 Å². The molecule has 1 aliphatic rings. The third kappa shape index (κ3) is 4.92. The van der Waals surface area contributed by atoms with Gasteiger partial charge >= 0.3 is 0 Å². The Kier molecular flexibility index (Phi) is 8.01. The highest BCUT2D eigenvalue weighted by Crippen LogP contribution is 2.21. The summed E-state index contributed by atoms with van der Waals surface area (Å²) in [7, 11) is 0. The number of carbonyl (C=O) groups excluding carboxylic acids is 1. The Bertz CT molecular complexity index is 784. The van der Waals surface area contributed by atoms with Gasteiger partial charge in [-0.05, 0) is 70.5 Å². The molecule has 0 unspecified atom stereocenters. The van der Waals surface area contributed by atoms with E-state index < -0.39 is 0 Å². The van der Waals surface area contributed by atoms with Crippen LogP contribution in [0.15, 0.2) is 24.3 Å². The molecule has 3 rings (SSSR count). The second-order valence-electron chi connectivity index (χ2n) is 7.28. The molecule has 0 spiro atoms. The second-order valence-corrected chi connectivity index (χ2v) is 7.28. The smallest absolute Gasteiger partial charge is 0.227 e. The van der Waals surface area contributed by atoms with Gasteiger partial charge in [-0.15, -0.1) is 12.4 Å². The highest BCUT2D eigenvalue weighted by atomic mass is 35.5. The maximum absolute atomic E-state index is 13.2. The lowest BCUT2D eigenvalue weighted by atomic mass is 10.0. The summed E-state index contributed by atoms with van der Waals surface area (Å²) in [5.41, 5.74) is 3.57. The maximum atomic E-state index is 13.2. The van der Waals surface area contributed by atoms with E-state index in [0.29, 0.717) is 12.5 Å². The van der Waals surface area contributed by atoms with Crippen LogP contribution in [0.4, 0.5) is 4.39 Å². The Morgan fingerprint density at radius 2 is 1.89 bits per heavy atom.